The summed E-state index contributed by atoms with van der Waals surface area (Å²) in [6, 6.07) is -0.240. The Kier molecular flexibility index (Phi) is 4.44. The van der Waals surface area contributed by atoms with E-state index in [4.69, 9.17) is 6.42 Å². The highest BCUT2D eigenvalue weighted by Crippen LogP contribution is 2.05. The molecule has 0 spiro atoms. The molecule has 1 rings (SSSR count). The molecule has 4 heteroatoms. The van der Waals surface area contributed by atoms with E-state index in [0.717, 1.165) is 6.42 Å². The number of nitrogens with one attached hydrogen (secondary N) is 2. The highest BCUT2D eigenvalue weighted by Gasteiger charge is 2.27. The van der Waals surface area contributed by atoms with Crippen molar-refractivity contribution in [3.63, 3.8) is 0 Å². The zero-order valence-electron chi connectivity index (χ0n) is 8.12. The minimum atomic E-state index is -0.392. The van der Waals surface area contributed by atoms with Gasteiger partial charge in [-0.25, -0.2) is 0 Å². The summed E-state index contributed by atoms with van der Waals surface area (Å²) >= 11 is 0. The third-order valence-corrected chi connectivity index (χ3v) is 2.22. The predicted molar refractivity (Wildman–Crippen MR) is 53.5 cm³/mol. The van der Waals surface area contributed by atoms with Gasteiger partial charge in [0.1, 0.15) is 0 Å². The van der Waals surface area contributed by atoms with Gasteiger partial charge in [-0.15, -0.1) is 12.3 Å². The molecule has 1 saturated heterocycles. The van der Waals surface area contributed by atoms with E-state index in [1.807, 2.05) is 0 Å². The van der Waals surface area contributed by atoms with Crippen LogP contribution in [-0.2, 0) is 4.79 Å². The van der Waals surface area contributed by atoms with E-state index in [1.165, 1.54) is 0 Å². The van der Waals surface area contributed by atoms with Gasteiger partial charge in [0, 0.05) is 19.5 Å². The van der Waals surface area contributed by atoms with Crippen molar-refractivity contribution in [2.45, 2.75) is 31.4 Å². The summed E-state index contributed by atoms with van der Waals surface area (Å²) in [5, 5.41) is 14.9. The fraction of sp³-hybridized carbons (Fsp3) is 0.700. The van der Waals surface area contributed by atoms with Crippen molar-refractivity contribution in [1.82, 2.24) is 10.6 Å². The Balaban J connectivity index is 2.13. The Hall–Kier alpha value is -1.05. The van der Waals surface area contributed by atoms with Crippen molar-refractivity contribution in [3.05, 3.63) is 0 Å². The van der Waals surface area contributed by atoms with E-state index >= 15 is 0 Å². The number of hydrogen-bond donors (Lipinski definition) is 3. The highest BCUT2D eigenvalue weighted by atomic mass is 16.3. The van der Waals surface area contributed by atoms with Crippen LogP contribution in [0, 0.1) is 12.3 Å². The number of carbonyl (C=O) groups excluding carboxylic acids is 1. The smallest absolute Gasteiger partial charge is 0.237 e. The lowest BCUT2D eigenvalue weighted by molar-refractivity contribution is -0.122. The van der Waals surface area contributed by atoms with E-state index < -0.39 is 6.10 Å². The van der Waals surface area contributed by atoms with Gasteiger partial charge in [0.15, 0.2) is 0 Å². The van der Waals surface area contributed by atoms with Gasteiger partial charge in [0.2, 0.25) is 5.91 Å². The molecule has 1 fully saturated rings. The molecule has 0 aromatic heterocycles. The number of aliphatic hydroxyl groups is 1. The number of β-amino-alcohol motifs (C(OH)–C–C–N with tert-alkyl or cyclic N) is 1. The lowest BCUT2D eigenvalue weighted by Crippen LogP contribution is -2.40. The maximum atomic E-state index is 11.4. The summed E-state index contributed by atoms with van der Waals surface area (Å²) in [6.07, 6.45) is 6.67. The first kappa shape index (κ1) is 11.0. The molecule has 1 heterocycles. The quantitative estimate of drug-likeness (QED) is 0.409. The average Bonchev–Trinajstić information content (AvgIpc) is 2.59. The van der Waals surface area contributed by atoms with Crippen molar-refractivity contribution in [3.8, 4) is 12.3 Å². The molecule has 0 aromatic carbocycles. The maximum Gasteiger partial charge on any atom is 0.237 e. The topological polar surface area (TPSA) is 61.4 Å². The van der Waals surface area contributed by atoms with E-state index in [2.05, 4.69) is 16.6 Å². The van der Waals surface area contributed by atoms with Crippen molar-refractivity contribution in [2.24, 2.45) is 0 Å². The molecule has 0 radical (unpaired) electrons. The van der Waals surface area contributed by atoms with E-state index in [1.54, 1.807) is 0 Å². The Bertz CT molecular complexity index is 235. The van der Waals surface area contributed by atoms with E-state index in [0.29, 0.717) is 25.9 Å². The second-order valence-corrected chi connectivity index (χ2v) is 3.45. The maximum absolute atomic E-state index is 11.4. The van der Waals surface area contributed by atoms with Crippen LogP contribution in [0.2, 0.25) is 0 Å². The van der Waals surface area contributed by atoms with Crippen LogP contribution in [0.1, 0.15) is 19.3 Å². The van der Waals surface area contributed by atoms with Crippen LogP contribution in [0.4, 0.5) is 0 Å². The van der Waals surface area contributed by atoms with Crippen LogP contribution < -0.4 is 10.6 Å². The number of carbonyl (C=O) groups is 1. The summed E-state index contributed by atoms with van der Waals surface area (Å²) in [6.45, 7) is 1.11. The molecule has 3 N–H and O–H groups in total. The number of hydrogen-bond acceptors (Lipinski definition) is 3. The molecule has 14 heavy (non-hydrogen) atoms. The molecule has 1 aliphatic heterocycles. The fourth-order valence-electron chi connectivity index (χ4n) is 1.44. The van der Waals surface area contributed by atoms with E-state index in [9.17, 15) is 9.90 Å². The van der Waals surface area contributed by atoms with Gasteiger partial charge < -0.3 is 15.7 Å². The van der Waals surface area contributed by atoms with Gasteiger partial charge in [-0.05, 0) is 12.8 Å². The SMILES string of the molecule is C#CCCCNC(=O)C1CC(O)CN1. The van der Waals surface area contributed by atoms with Crippen LogP contribution >= 0.6 is 0 Å². The van der Waals surface area contributed by atoms with Gasteiger partial charge in [-0.1, -0.05) is 0 Å². The van der Waals surface area contributed by atoms with Crippen molar-refractivity contribution in [2.75, 3.05) is 13.1 Å². The van der Waals surface area contributed by atoms with Gasteiger partial charge in [0.25, 0.3) is 0 Å². The summed E-state index contributed by atoms with van der Waals surface area (Å²) in [7, 11) is 0. The number of amides is 1. The monoisotopic (exact) mass is 196 g/mol. The molecular formula is C10H16N2O2. The molecule has 1 amide bonds. The van der Waals surface area contributed by atoms with Crippen molar-refractivity contribution >= 4 is 5.91 Å². The molecule has 0 bridgehead atoms. The molecule has 1 aliphatic rings. The summed E-state index contributed by atoms with van der Waals surface area (Å²) in [4.78, 5) is 11.4. The molecule has 4 nitrogen and oxygen atoms in total. The molecule has 2 atom stereocenters. The Morgan fingerprint density at radius 1 is 1.71 bits per heavy atom. The average molecular weight is 196 g/mol. The molecule has 0 aliphatic carbocycles. The zero-order valence-corrected chi connectivity index (χ0v) is 8.12. The minimum absolute atomic E-state index is 0.0430. The van der Waals surface area contributed by atoms with Crippen molar-refractivity contribution in [1.29, 1.82) is 0 Å². The van der Waals surface area contributed by atoms with Crippen LogP contribution in [0.15, 0.2) is 0 Å². The first-order valence-corrected chi connectivity index (χ1v) is 4.86. The zero-order chi connectivity index (χ0) is 10.4. The van der Waals surface area contributed by atoms with Gasteiger partial charge in [0.05, 0.1) is 12.1 Å². The molecule has 0 saturated carbocycles. The van der Waals surface area contributed by atoms with Crippen LogP contribution in [0.5, 0.6) is 0 Å². The minimum Gasteiger partial charge on any atom is -0.392 e. The predicted octanol–water partition coefficient (Wildman–Crippen LogP) is -0.761. The normalized spacial score (nSPS) is 25.7. The molecular weight excluding hydrogens is 180 g/mol. The number of unbranched alkanes of at least 4 members (excludes halogenated alkanes) is 1. The number of terminal acetylenes is 1. The second-order valence-electron chi connectivity index (χ2n) is 3.45. The number of rotatable bonds is 4. The third-order valence-electron chi connectivity index (χ3n) is 2.22. The van der Waals surface area contributed by atoms with Crippen LogP contribution in [-0.4, -0.2) is 36.2 Å². The summed E-state index contributed by atoms with van der Waals surface area (Å²) < 4.78 is 0. The van der Waals surface area contributed by atoms with Gasteiger partial charge >= 0.3 is 0 Å². The lowest BCUT2D eigenvalue weighted by Gasteiger charge is -2.09. The Morgan fingerprint density at radius 2 is 2.50 bits per heavy atom. The Morgan fingerprint density at radius 3 is 3.07 bits per heavy atom. The highest BCUT2D eigenvalue weighted by molar-refractivity contribution is 5.82. The standard InChI is InChI=1S/C10H16N2O2/c1-2-3-4-5-11-10(14)9-6-8(13)7-12-9/h1,8-9,12-13H,3-7H2,(H,11,14). The fourth-order valence-corrected chi connectivity index (χ4v) is 1.44. The first-order valence-electron chi connectivity index (χ1n) is 4.86. The van der Waals surface area contributed by atoms with Gasteiger partial charge in [-0.3, -0.25) is 4.79 Å². The van der Waals surface area contributed by atoms with Crippen molar-refractivity contribution < 1.29 is 9.90 Å². The Labute approximate surface area is 84.1 Å². The lowest BCUT2D eigenvalue weighted by atomic mass is 10.2. The largest absolute Gasteiger partial charge is 0.392 e. The van der Waals surface area contributed by atoms with Crippen LogP contribution in [0.3, 0.4) is 0 Å². The molecule has 2 unspecified atom stereocenters. The third kappa shape index (κ3) is 3.36. The first-order chi connectivity index (χ1) is 6.74. The number of aliphatic hydroxyl groups excluding tert-OH is 1. The van der Waals surface area contributed by atoms with Crippen LogP contribution in [0.25, 0.3) is 0 Å². The second kappa shape index (κ2) is 5.63. The summed E-state index contributed by atoms with van der Waals surface area (Å²) in [5.74, 6) is 2.47. The summed E-state index contributed by atoms with van der Waals surface area (Å²) in [5.41, 5.74) is 0. The van der Waals surface area contributed by atoms with E-state index in [-0.39, 0.29) is 11.9 Å². The van der Waals surface area contributed by atoms with Gasteiger partial charge in [-0.2, -0.15) is 0 Å². The molecule has 78 valence electrons. The molecule has 0 aromatic rings.